The van der Waals surface area contributed by atoms with Gasteiger partial charge in [0.1, 0.15) is 6.33 Å². The lowest BCUT2D eigenvalue weighted by molar-refractivity contribution is -0.0328. The molecule has 1 aliphatic carbocycles. The van der Waals surface area contributed by atoms with Gasteiger partial charge in [-0.2, -0.15) is 0 Å². The van der Waals surface area contributed by atoms with Crippen LogP contribution in [0.3, 0.4) is 0 Å². The third-order valence-electron chi connectivity index (χ3n) is 7.51. The molecule has 3 aromatic heterocycles. The number of aromatic nitrogens is 4. The fourth-order valence-corrected chi connectivity index (χ4v) is 5.79. The van der Waals surface area contributed by atoms with E-state index in [1.807, 2.05) is 55.6 Å². The Morgan fingerprint density at radius 3 is 2.35 bits per heavy atom. The summed E-state index contributed by atoms with van der Waals surface area (Å²) in [6, 6.07) is 22.7. The summed E-state index contributed by atoms with van der Waals surface area (Å²) in [4.78, 5) is 19.1. The summed E-state index contributed by atoms with van der Waals surface area (Å²) in [5.41, 5.74) is 5.59. The number of carbonyl (C=O) groups is 1. The van der Waals surface area contributed by atoms with E-state index in [1.165, 1.54) is 0 Å². The SMILES string of the molecule is CC(C)(C)N(C(=O)O)C1(c2ccc(-c3nc4ccn5cnnc5c4cc3-c3ccccc3)cc2)CCC1. The van der Waals surface area contributed by atoms with Gasteiger partial charge in [0.25, 0.3) is 0 Å². The second-order valence-corrected chi connectivity index (χ2v) is 10.8. The molecule has 0 bridgehead atoms. The number of fused-ring (bicyclic) bond motifs is 3. The molecule has 0 atom stereocenters. The molecule has 0 unspecified atom stereocenters. The van der Waals surface area contributed by atoms with E-state index >= 15 is 0 Å². The van der Waals surface area contributed by atoms with Gasteiger partial charge >= 0.3 is 6.09 Å². The van der Waals surface area contributed by atoms with Crippen molar-refractivity contribution in [2.24, 2.45) is 0 Å². The summed E-state index contributed by atoms with van der Waals surface area (Å²) in [5, 5.41) is 19.4. The summed E-state index contributed by atoms with van der Waals surface area (Å²) in [5.74, 6) is 0. The summed E-state index contributed by atoms with van der Waals surface area (Å²) < 4.78 is 1.90. The molecule has 186 valence electrons. The van der Waals surface area contributed by atoms with Gasteiger partial charge in [0.15, 0.2) is 5.65 Å². The number of rotatable bonds is 4. The zero-order valence-corrected chi connectivity index (χ0v) is 21.2. The van der Waals surface area contributed by atoms with Crippen LogP contribution in [0.2, 0.25) is 0 Å². The predicted octanol–water partition coefficient (Wildman–Crippen LogP) is 6.77. The Morgan fingerprint density at radius 2 is 1.73 bits per heavy atom. The minimum atomic E-state index is -0.876. The largest absolute Gasteiger partial charge is 0.465 e. The smallest absolute Gasteiger partial charge is 0.408 e. The van der Waals surface area contributed by atoms with Gasteiger partial charge in [0, 0.05) is 28.2 Å². The van der Waals surface area contributed by atoms with Gasteiger partial charge in [-0.25, -0.2) is 9.78 Å². The molecule has 2 aromatic carbocycles. The molecule has 1 fully saturated rings. The van der Waals surface area contributed by atoms with Crippen molar-refractivity contribution in [2.75, 3.05) is 0 Å². The van der Waals surface area contributed by atoms with Crippen LogP contribution in [0.25, 0.3) is 38.9 Å². The summed E-state index contributed by atoms with van der Waals surface area (Å²) in [6.45, 7) is 5.90. The summed E-state index contributed by atoms with van der Waals surface area (Å²) >= 11 is 0. The zero-order valence-electron chi connectivity index (χ0n) is 21.2. The number of benzene rings is 2. The van der Waals surface area contributed by atoms with Crippen molar-refractivity contribution in [1.82, 2.24) is 24.5 Å². The Labute approximate surface area is 215 Å². The van der Waals surface area contributed by atoms with Crippen LogP contribution in [-0.2, 0) is 5.54 Å². The molecule has 7 heteroatoms. The third-order valence-corrected chi connectivity index (χ3v) is 7.51. The molecule has 1 N–H and O–H groups in total. The Balaban J connectivity index is 1.50. The normalized spacial score (nSPS) is 15.0. The van der Waals surface area contributed by atoms with Gasteiger partial charge in [0.05, 0.1) is 16.7 Å². The van der Waals surface area contributed by atoms with Gasteiger partial charge < -0.3 is 5.11 Å². The minimum Gasteiger partial charge on any atom is -0.465 e. The standard InChI is InChI=1S/C30H29N5O2/c1-29(2,3)35(28(36)37)30(15-7-16-30)22-12-10-21(11-13-22)26-23(20-8-5-4-6-9-20)18-24-25(32-26)14-17-34-19-31-33-27(24)34/h4-6,8-14,17-19H,7,15-16H2,1-3H3,(H,36,37). The number of hydrogen-bond donors (Lipinski definition) is 1. The van der Waals surface area contributed by atoms with Crippen LogP contribution in [0.5, 0.6) is 0 Å². The first-order chi connectivity index (χ1) is 17.8. The van der Waals surface area contributed by atoms with Crippen LogP contribution in [0.1, 0.15) is 45.6 Å². The van der Waals surface area contributed by atoms with Gasteiger partial charge in [-0.05, 0) is 63.3 Å². The molecule has 0 radical (unpaired) electrons. The van der Waals surface area contributed by atoms with E-state index < -0.39 is 17.2 Å². The molecule has 0 aliphatic heterocycles. The highest BCUT2D eigenvalue weighted by atomic mass is 16.4. The van der Waals surface area contributed by atoms with Crippen molar-refractivity contribution in [3.63, 3.8) is 0 Å². The number of nitrogens with zero attached hydrogens (tertiary/aromatic N) is 5. The second kappa shape index (κ2) is 8.40. The van der Waals surface area contributed by atoms with Crippen LogP contribution in [0.15, 0.2) is 79.3 Å². The summed E-state index contributed by atoms with van der Waals surface area (Å²) in [6.07, 6.45) is 5.41. The molecule has 1 saturated carbocycles. The van der Waals surface area contributed by atoms with Crippen LogP contribution in [0.4, 0.5) is 4.79 Å². The van der Waals surface area contributed by atoms with E-state index in [-0.39, 0.29) is 0 Å². The van der Waals surface area contributed by atoms with Crippen molar-refractivity contribution in [1.29, 1.82) is 0 Å². The lowest BCUT2D eigenvalue weighted by atomic mass is 9.69. The minimum absolute atomic E-state index is 0.499. The topological polar surface area (TPSA) is 83.6 Å². The Morgan fingerprint density at radius 1 is 1.00 bits per heavy atom. The first kappa shape index (κ1) is 23.2. The van der Waals surface area contributed by atoms with Crippen LogP contribution < -0.4 is 0 Å². The monoisotopic (exact) mass is 491 g/mol. The average Bonchev–Trinajstić information content (AvgIpc) is 3.34. The Bertz CT molecular complexity index is 1610. The van der Waals surface area contributed by atoms with Gasteiger partial charge in [-0.1, -0.05) is 54.6 Å². The van der Waals surface area contributed by atoms with E-state index in [0.717, 1.165) is 63.8 Å². The molecule has 1 aliphatic rings. The molecule has 0 spiro atoms. The van der Waals surface area contributed by atoms with Crippen molar-refractivity contribution in [3.8, 4) is 22.4 Å². The molecule has 5 aromatic rings. The van der Waals surface area contributed by atoms with E-state index in [1.54, 1.807) is 11.2 Å². The van der Waals surface area contributed by atoms with Crippen molar-refractivity contribution >= 4 is 22.6 Å². The van der Waals surface area contributed by atoms with Gasteiger partial charge in [0.2, 0.25) is 0 Å². The number of pyridine rings is 2. The highest BCUT2D eigenvalue weighted by Gasteiger charge is 2.50. The maximum atomic E-state index is 12.4. The van der Waals surface area contributed by atoms with E-state index in [2.05, 4.69) is 52.7 Å². The van der Waals surface area contributed by atoms with Crippen LogP contribution in [-0.4, -0.2) is 41.2 Å². The quantitative estimate of drug-likeness (QED) is 0.300. The lowest BCUT2D eigenvalue weighted by Crippen LogP contribution is -2.60. The zero-order chi connectivity index (χ0) is 25.8. The van der Waals surface area contributed by atoms with Crippen molar-refractivity contribution in [3.05, 3.63) is 84.8 Å². The highest BCUT2D eigenvalue weighted by molar-refractivity contribution is 5.98. The fourth-order valence-electron chi connectivity index (χ4n) is 5.79. The highest BCUT2D eigenvalue weighted by Crippen LogP contribution is 2.49. The number of amides is 1. The molecule has 6 rings (SSSR count). The first-order valence-corrected chi connectivity index (χ1v) is 12.6. The van der Waals surface area contributed by atoms with E-state index in [9.17, 15) is 9.90 Å². The molecule has 0 saturated heterocycles. The molecule has 1 amide bonds. The van der Waals surface area contributed by atoms with Crippen LogP contribution >= 0.6 is 0 Å². The first-order valence-electron chi connectivity index (χ1n) is 12.6. The molecular weight excluding hydrogens is 462 g/mol. The third kappa shape index (κ3) is 3.73. The second-order valence-electron chi connectivity index (χ2n) is 10.8. The number of hydrogen-bond acceptors (Lipinski definition) is 4. The predicted molar refractivity (Wildman–Crippen MR) is 144 cm³/mol. The van der Waals surface area contributed by atoms with Crippen molar-refractivity contribution < 1.29 is 9.90 Å². The molecule has 37 heavy (non-hydrogen) atoms. The van der Waals surface area contributed by atoms with Gasteiger partial charge in [-0.3, -0.25) is 9.30 Å². The van der Waals surface area contributed by atoms with E-state index in [4.69, 9.17) is 4.98 Å². The fraction of sp³-hybridized carbons (Fsp3) is 0.267. The lowest BCUT2D eigenvalue weighted by Gasteiger charge is -2.54. The van der Waals surface area contributed by atoms with Crippen molar-refractivity contribution in [2.45, 2.75) is 51.1 Å². The molecule has 3 heterocycles. The van der Waals surface area contributed by atoms with Crippen LogP contribution in [0, 0.1) is 0 Å². The molecule has 7 nitrogen and oxygen atoms in total. The number of carboxylic acid groups (broad SMARTS) is 1. The average molecular weight is 492 g/mol. The Kier molecular flexibility index (Phi) is 5.26. The Hall–Kier alpha value is -4.26. The molecular formula is C30H29N5O2. The maximum absolute atomic E-state index is 12.4. The van der Waals surface area contributed by atoms with E-state index in [0.29, 0.717) is 0 Å². The maximum Gasteiger partial charge on any atom is 0.408 e. The van der Waals surface area contributed by atoms with Gasteiger partial charge in [-0.15, -0.1) is 10.2 Å². The summed E-state index contributed by atoms with van der Waals surface area (Å²) in [7, 11) is 0.